The summed E-state index contributed by atoms with van der Waals surface area (Å²) >= 11 is 0. The maximum Gasteiger partial charge on any atom is 0.169 e. The van der Waals surface area contributed by atoms with E-state index in [1.807, 2.05) is 6.92 Å². The van der Waals surface area contributed by atoms with Crippen molar-refractivity contribution < 1.29 is 24.8 Å². The number of hydrogen-bond donors (Lipinski definition) is 3. The first-order chi connectivity index (χ1) is 13.1. The molecule has 6 fully saturated rings. The molecular weight excluding hydrogens is 356 g/mol. The molecule has 0 amide bonds. The molecule has 3 N–H and O–H groups in total. The summed E-state index contributed by atoms with van der Waals surface area (Å²) in [7, 11) is 0. The van der Waals surface area contributed by atoms with Crippen molar-refractivity contribution in [3.8, 4) is 0 Å². The first-order valence-electron chi connectivity index (χ1n) is 11.5. The van der Waals surface area contributed by atoms with Crippen LogP contribution in [0.5, 0.6) is 0 Å². The molecule has 28 heavy (non-hydrogen) atoms. The summed E-state index contributed by atoms with van der Waals surface area (Å²) in [5.41, 5.74) is -1.55. The Bertz CT molecular complexity index is 705. The highest BCUT2D eigenvalue weighted by Gasteiger charge is 2.80. The molecule has 10 atom stereocenters. The van der Waals surface area contributed by atoms with Gasteiger partial charge in [-0.15, -0.1) is 0 Å². The Kier molecular flexibility index (Phi) is 3.42. The van der Waals surface area contributed by atoms with Gasteiger partial charge in [0.05, 0.1) is 31.0 Å². The van der Waals surface area contributed by atoms with E-state index in [-0.39, 0.29) is 34.7 Å². The number of ether oxygens (including phenoxy) is 2. The van der Waals surface area contributed by atoms with Crippen molar-refractivity contribution >= 4 is 0 Å². The van der Waals surface area contributed by atoms with Crippen LogP contribution in [0.25, 0.3) is 0 Å². The Balaban J connectivity index is 1.43. The van der Waals surface area contributed by atoms with E-state index in [1.54, 1.807) is 0 Å². The number of aliphatic hydroxyl groups is 3. The number of aliphatic hydroxyl groups excluding tert-OH is 2. The van der Waals surface area contributed by atoms with Gasteiger partial charge in [0.25, 0.3) is 0 Å². The van der Waals surface area contributed by atoms with Crippen LogP contribution < -0.4 is 0 Å². The summed E-state index contributed by atoms with van der Waals surface area (Å²) < 4.78 is 12.0. The van der Waals surface area contributed by atoms with Crippen molar-refractivity contribution in [2.24, 2.45) is 39.9 Å². The minimum absolute atomic E-state index is 0.0402. The zero-order valence-corrected chi connectivity index (χ0v) is 17.5. The van der Waals surface area contributed by atoms with Gasteiger partial charge in [-0.1, -0.05) is 13.8 Å². The van der Waals surface area contributed by atoms with Crippen LogP contribution >= 0.6 is 0 Å². The monoisotopic (exact) mass is 392 g/mol. The van der Waals surface area contributed by atoms with Gasteiger partial charge < -0.3 is 24.8 Å². The number of hydrogen-bond acceptors (Lipinski definition) is 5. The van der Waals surface area contributed by atoms with Crippen LogP contribution in [-0.4, -0.2) is 52.1 Å². The summed E-state index contributed by atoms with van der Waals surface area (Å²) in [6.07, 6.45) is 5.45. The third-order valence-electron chi connectivity index (χ3n) is 11.4. The molecule has 6 rings (SSSR count). The Morgan fingerprint density at radius 3 is 2.21 bits per heavy atom. The number of fused-ring (bicyclic) bond motifs is 4. The molecule has 4 unspecified atom stereocenters. The van der Waals surface area contributed by atoms with Crippen molar-refractivity contribution in [1.82, 2.24) is 0 Å². The van der Waals surface area contributed by atoms with Gasteiger partial charge in [0, 0.05) is 16.7 Å². The first kappa shape index (κ1) is 18.6. The fraction of sp³-hybridized carbons (Fsp3) is 1.00. The normalized spacial score (nSPS) is 64.1. The predicted octanol–water partition coefficient (Wildman–Crippen LogP) is 2.46. The van der Waals surface area contributed by atoms with E-state index in [9.17, 15) is 15.3 Å². The van der Waals surface area contributed by atoms with Crippen molar-refractivity contribution in [3.05, 3.63) is 0 Å². The van der Waals surface area contributed by atoms with Crippen LogP contribution in [0.15, 0.2) is 0 Å². The van der Waals surface area contributed by atoms with E-state index < -0.39 is 22.9 Å². The van der Waals surface area contributed by atoms with Crippen LogP contribution in [-0.2, 0) is 9.47 Å². The maximum atomic E-state index is 12.2. The standard InChI is InChI=1S/C23H36O5/c1-19-6-4-13-12-22(13,19)18(25)11-15-14(19)10-17(24)20(2)16(5-7-23(15,20)26)21(3)27-8-9-28-21/h13-18,24-26H,4-12H2,1-3H3/t13?,14?,15?,16?,17-,18-,19-,20+,22+,23+/m1/s1. The second-order valence-electron chi connectivity index (χ2n) is 11.6. The summed E-state index contributed by atoms with van der Waals surface area (Å²) in [6.45, 7) is 7.55. The zero-order chi connectivity index (χ0) is 19.7. The molecule has 5 heteroatoms. The Hall–Kier alpha value is -0.200. The van der Waals surface area contributed by atoms with E-state index in [0.29, 0.717) is 32.0 Å². The second kappa shape index (κ2) is 5.16. The van der Waals surface area contributed by atoms with Crippen molar-refractivity contribution in [2.45, 2.75) is 89.3 Å². The van der Waals surface area contributed by atoms with E-state index in [1.165, 1.54) is 6.42 Å². The average Bonchev–Trinajstić information content (AvgIpc) is 2.91. The highest BCUT2D eigenvalue weighted by atomic mass is 16.7. The van der Waals surface area contributed by atoms with E-state index in [2.05, 4.69) is 13.8 Å². The fourth-order valence-corrected chi connectivity index (χ4v) is 9.81. The van der Waals surface area contributed by atoms with Crippen LogP contribution in [0.3, 0.4) is 0 Å². The van der Waals surface area contributed by atoms with Gasteiger partial charge in [0.15, 0.2) is 5.79 Å². The van der Waals surface area contributed by atoms with Crippen molar-refractivity contribution in [3.63, 3.8) is 0 Å². The van der Waals surface area contributed by atoms with Gasteiger partial charge in [0.2, 0.25) is 0 Å². The molecule has 0 aromatic rings. The molecule has 1 spiro atoms. The van der Waals surface area contributed by atoms with Gasteiger partial charge in [-0.25, -0.2) is 0 Å². The third-order valence-corrected chi connectivity index (χ3v) is 11.4. The lowest BCUT2D eigenvalue weighted by atomic mass is 9.43. The molecule has 0 bridgehead atoms. The highest BCUT2D eigenvalue weighted by Crippen LogP contribution is 2.82. The topological polar surface area (TPSA) is 79.2 Å². The minimum Gasteiger partial charge on any atom is -0.393 e. The quantitative estimate of drug-likeness (QED) is 0.639. The molecule has 0 radical (unpaired) electrons. The summed E-state index contributed by atoms with van der Waals surface area (Å²) in [5, 5.41) is 35.1. The third kappa shape index (κ3) is 1.73. The van der Waals surface area contributed by atoms with Gasteiger partial charge in [0.1, 0.15) is 0 Å². The van der Waals surface area contributed by atoms with E-state index in [0.717, 1.165) is 25.7 Å². The molecular formula is C23H36O5. The molecule has 5 saturated carbocycles. The summed E-state index contributed by atoms with van der Waals surface area (Å²) in [5.74, 6) is 0.209. The summed E-state index contributed by atoms with van der Waals surface area (Å²) in [6, 6.07) is 0. The molecule has 0 aromatic carbocycles. The van der Waals surface area contributed by atoms with Crippen LogP contribution in [0.4, 0.5) is 0 Å². The zero-order valence-electron chi connectivity index (χ0n) is 17.5. The SMILES string of the molecule is CC1(C2CC[C@]3(O)C4C[C@@H](O)[C@]56CC5CC[C@]6(C)C4C[C@@H](O)[C@]23C)OCCO1. The van der Waals surface area contributed by atoms with Gasteiger partial charge in [-0.05, 0) is 75.0 Å². The molecule has 1 saturated heterocycles. The van der Waals surface area contributed by atoms with Crippen molar-refractivity contribution in [2.75, 3.05) is 13.2 Å². The summed E-state index contributed by atoms with van der Waals surface area (Å²) in [4.78, 5) is 0. The average molecular weight is 393 g/mol. The van der Waals surface area contributed by atoms with Crippen LogP contribution in [0.2, 0.25) is 0 Å². The Morgan fingerprint density at radius 1 is 0.857 bits per heavy atom. The van der Waals surface area contributed by atoms with E-state index in [4.69, 9.17) is 9.47 Å². The maximum absolute atomic E-state index is 12.2. The minimum atomic E-state index is -0.975. The largest absolute Gasteiger partial charge is 0.393 e. The highest BCUT2D eigenvalue weighted by molar-refractivity contribution is 5.29. The van der Waals surface area contributed by atoms with Crippen LogP contribution in [0.1, 0.15) is 65.7 Å². The molecule has 1 heterocycles. The predicted molar refractivity (Wildman–Crippen MR) is 102 cm³/mol. The Labute approximate surface area is 167 Å². The number of rotatable bonds is 1. The molecule has 5 aliphatic carbocycles. The lowest BCUT2D eigenvalue weighted by Gasteiger charge is -2.65. The molecule has 1 aliphatic heterocycles. The molecule has 0 aromatic heterocycles. The van der Waals surface area contributed by atoms with Gasteiger partial charge in [-0.2, -0.15) is 0 Å². The van der Waals surface area contributed by atoms with Gasteiger partial charge in [-0.3, -0.25) is 0 Å². The molecule has 158 valence electrons. The fourth-order valence-electron chi connectivity index (χ4n) is 9.81. The smallest absolute Gasteiger partial charge is 0.169 e. The van der Waals surface area contributed by atoms with Crippen LogP contribution in [0, 0.1) is 39.9 Å². The van der Waals surface area contributed by atoms with Gasteiger partial charge >= 0.3 is 0 Å². The first-order valence-corrected chi connectivity index (χ1v) is 11.5. The lowest BCUT2D eigenvalue weighted by molar-refractivity contribution is -0.289. The Morgan fingerprint density at radius 2 is 1.54 bits per heavy atom. The molecule has 5 nitrogen and oxygen atoms in total. The molecule has 6 aliphatic rings. The van der Waals surface area contributed by atoms with E-state index >= 15 is 0 Å². The lowest BCUT2D eigenvalue weighted by Crippen LogP contribution is -2.69. The second-order valence-corrected chi connectivity index (χ2v) is 11.6. The van der Waals surface area contributed by atoms with Crippen molar-refractivity contribution in [1.29, 1.82) is 0 Å².